The topological polar surface area (TPSA) is 95.9 Å². The van der Waals surface area contributed by atoms with Gasteiger partial charge in [-0.2, -0.15) is 0 Å². The SMILES string of the molecule is CCCCC/C=C\C/C=C\CCCCCCCCCCCC(=O)OCCCCCCCCCCCCCCCCCCCCCCC(=O)NC(CO)C(O)CCCCCCCCCCCC. The van der Waals surface area contributed by atoms with Gasteiger partial charge in [-0.15, -0.1) is 0 Å². The van der Waals surface area contributed by atoms with Gasteiger partial charge in [-0.3, -0.25) is 9.59 Å². The standard InChI is InChI=1S/C60H115NO5/c1-3-5-7-9-11-13-15-16-17-18-21-25-28-31-34-38-42-46-50-54-60(65)66-55-51-47-43-39-35-32-29-26-23-20-19-22-24-27-30-33-37-41-45-49-53-59(64)61-57(56-62)58(63)52-48-44-40-36-14-12-10-8-6-4-2/h11,13,16-17,57-58,62-63H,3-10,12,14-15,18-56H2,1-2H3,(H,61,64)/b13-11-,17-16-. The van der Waals surface area contributed by atoms with Crippen molar-refractivity contribution in [2.45, 2.75) is 334 Å². The summed E-state index contributed by atoms with van der Waals surface area (Å²) in [5.74, 6) is -0.0309. The first kappa shape index (κ1) is 64.3. The predicted octanol–water partition coefficient (Wildman–Crippen LogP) is 18.2. The number of hydrogen-bond donors (Lipinski definition) is 3. The number of hydrogen-bond acceptors (Lipinski definition) is 5. The fourth-order valence-electron chi connectivity index (χ4n) is 9.20. The number of allylic oxidation sites excluding steroid dienone is 4. The summed E-state index contributed by atoms with van der Waals surface area (Å²) in [6.45, 7) is 4.92. The van der Waals surface area contributed by atoms with Gasteiger partial charge in [0.05, 0.1) is 25.4 Å². The van der Waals surface area contributed by atoms with Crippen molar-refractivity contribution in [3.8, 4) is 0 Å². The summed E-state index contributed by atoms with van der Waals surface area (Å²) < 4.78 is 5.49. The molecule has 6 nitrogen and oxygen atoms in total. The fraction of sp³-hybridized carbons (Fsp3) is 0.900. The van der Waals surface area contributed by atoms with Crippen molar-refractivity contribution in [2.24, 2.45) is 0 Å². The summed E-state index contributed by atoms with van der Waals surface area (Å²) in [7, 11) is 0. The molecule has 0 rings (SSSR count). The Balaban J connectivity index is 3.35. The second-order valence-electron chi connectivity index (χ2n) is 20.3. The second-order valence-corrected chi connectivity index (χ2v) is 20.3. The van der Waals surface area contributed by atoms with Gasteiger partial charge < -0.3 is 20.3 Å². The van der Waals surface area contributed by atoms with Gasteiger partial charge in [0.1, 0.15) is 0 Å². The monoisotopic (exact) mass is 930 g/mol. The highest BCUT2D eigenvalue weighted by Gasteiger charge is 2.20. The minimum absolute atomic E-state index is 0.00696. The van der Waals surface area contributed by atoms with Crippen molar-refractivity contribution in [3.63, 3.8) is 0 Å². The van der Waals surface area contributed by atoms with Crippen LogP contribution in [0.25, 0.3) is 0 Å². The summed E-state index contributed by atoms with van der Waals surface area (Å²) in [6.07, 6.45) is 67.5. The van der Waals surface area contributed by atoms with Crippen LogP contribution in [0.15, 0.2) is 24.3 Å². The molecule has 1 amide bonds. The Kier molecular flexibility index (Phi) is 54.5. The molecule has 0 spiro atoms. The molecule has 0 aliphatic rings. The summed E-state index contributed by atoms with van der Waals surface area (Å²) in [4.78, 5) is 24.5. The van der Waals surface area contributed by atoms with Gasteiger partial charge in [0.25, 0.3) is 0 Å². The molecule has 0 aromatic carbocycles. The number of ether oxygens (including phenoxy) is 1. The minimum atomic E-state index is -0.663. The quantitative estimate of drug-likeness (QED) is 0.0321. The molecule has 0 aromatic rings. The Hall–Kier alpha value is -1.66. The van der Waals surface area contributed by atoms with E-state index in [0.29, 0.717) is 25.9 Å². The molecule has 0 heterocycles. The Labute approximate surface area is 411 Å². The lowest BCUT2D eigenvalue weighted by Crippen LogP contribution is -2.45. The zero-order valence-corrected chi connectivity index (χ0v) is 44.4. The molecule has 0 aliphatic carbocycles. The van der Waals surface area contributed by atoms with Crippen molar-refractivity contribution < 1.29 is 24.5 Å². The van der Waals surface area contributed by atoms with Crippen molar-refractivity contribution in [3.05, 3.63) is 24.3 Å². The molecule has 0 saturated heterocycles. The molecule has 0 aliphatic heterocycles. The summed E-state index contributed by atoms with van der Waals surface area (Å²) in [5, 5.41) is 23.1. The van der Waals surface area contributed by atoms with Crippen molar-refractivity contribution in [1.82, 2.24) is 5.32 Å². The van der Waals surface area contributed by atoms with Gasteiger partial charge in [-0.25, -0.2) is 0 Å². The van der Waals surface area contributed by atoms with E-state index in [9.17, 15) is 19.8 Å². The Morgan fingerprint density at radius 1 is 0.424 bits per heavy atom. The zero-order valence-electron chi connectivity index (χ0n) is 44.4. The van der Waals surface area contributed by atoms with Crippen LogP contribution in [-0.4, -0.2) is 47.4 Å². The number of carbonyl (C=O) groups excluding carboxylic acids is 2. The summed E-state index contributed by atoms with van der Waals surface area (Å²) in [6, 6.07) is -0.541. The molecule has 66 heavy (non-hydrogen) atoms. The molecule has 6 heteroatoms. The first-order valence-electron chi connectivity index (χ1n) is 29.6. The third-order valence-corrected chi connectivity index (χ3v) is 13.8. The van der Waals surface area contributed by atoms with Crippen LogP contribution in [0.1, 0.15) is 322 Å². The number of rotatable bonds is 55. The highest BCUT2D eigenvalue weighted by Crippen LogP contribution is 2.17. The summed E-state index contributed by atoms with van der Waals surface area (Å²) >= 11 is 0. The lowest BCUT2D eigenvalue weighted by molar-refractivity contribution is -0.143. The number of aliphatic hydroxyl groups excluding tert-OH is 2. The molecule has 2 atom stereocenters. The van der Waals surface area contributed by atoms with Gasteiger partial charge in [0.15, 0.2) is 0 Å². The highest BCUT2D eigenvalue weighted by atomic mass is 16.5. The predicted molar refractivity (Wildman–Crippen MR) is 287 cm³/mol. The smallest absolute Gasteiger partial charge is 0.305 e. The van der Waals surface area contributed by atoms with E-state index < -0.39 is 12.1 Å². The van der Waals surface area contributed by atoms with Gasteiger partial charge in [-0.1, -0.05) is 276 Å². The van der Waals surface area contributed by atoms with E-state index in [1.807, 2.05) is 0 Å². The van der Waals surface area contributed by atoms with Gasteiger partial charge in [-0.05, 0) is 57.8 Å². The van der Waals surface area contributed by atoms with Crippen molar-refractivity contribution >= 4 is 11.9 Å². The third-order valence-electron chi connectivity index (χ3n) is 13.8. The number of amides is 1. The second kappa shape index (κ2) is 55.9. The molecular weight excluding hydrogens is 815 g/mol. The van der Waals surface area contributed by atoms with Gasteiger partial charge >= 0.3 is 5.97 Å². The highest BCUT2D eigenvalue weighted by molar-refractivity contribution is 5.76. The van der Waals surface area contributed by atoms with E-state index in [0.717, 1.165) is 51.4 Å². The lowest BCUT2D eigenvalue weighted by Gasteiger charge is -2.22. The average Bonchev–Trinajstić information content (AvgIpc) is 3.32. The van der Waals surface area contributed by atoms with E-state index in [-0.39, 0.29) is 18.5 Å². The molecule has 0 saturated carbocycles. The van der Waals surface area contributed by atoms with Gasteiger partial charge in [0.2, 0.25) is 5.91 Å². The van der Waals surface area contributed by atoms with Crippen molar-refractivity contribution in [1.29, 1.82) is 0 Å². The Morgan fingerprint density at radius 3 is 1.18 bits per heavy atom. The molecule has 2 unspecified atom stereocenters. The fourth-order valence-corrected chi connectivity index (χ4v) is 9.20. The molecular formula is C60H115NO5. The number of nitrogens with one attached hydrogen (secondary N) is 1. The maximum atomic E-state index is 12.4. The van der Waals surface area contributed by atoms with Crippen LogP contribution in [0.3, 0.4) is 0 Å². The minimum Gasteiger partial charge on any atom is -0.466 e. The van der Waals surface area contributed by atoms with E-state index in [4.69, 9.17) is 4.74 Å². The van der Waals surface area contributed by atoms with Crippen molar-refractivity contribution in [2.75, 3.05) is 13.2 Å². The van der Waals surface area contributed by atoms with Crippen LogP contribution in [0.5, 0.6) is 0 Å². The third kappa shape index (κ3) is 51.7. The number of carbonyl (C=O) groups is 2. The van der Waals surface area contributed by atoms with Crippen LogP contribution in [0.2, 0.25) is 0 Å². The summed E-state index contributed by atoms with van der Waals surface area (Å²) in [5.41, 5.74) is 0. The zero-order chi connectivity index (χ0) is 47.9. The van der Waals surface area contributed by atoms with Gasteiger partial charge in [0, 0.05) is 12.8 Å². The molecule has 3 N–H and O–H groups in total. The largest absolute Gasteiger partial charge is 0.466 e. The maximum Gasteiger partial charge on any atom is 0.305 e. The average molecular weight is 931 g/mol. The van der Waals surface area contributed by atoms with Crippen LogP contribution in [0, 0.1) is 0 Å². The number of esters is 1. The van der Waals surface area contributed by atoms with Crippen LogP contribution in [0.4, 0.5) is 0 Å². The van der Waals surface area contributed by atoms with E-state index >= 15 is 0 Å². The van der Waals surface area contributed by atoms with Crippen LogP contribution >= 0.6 is 0 Å². The normalized spacial score (nSPS) is 12.7. The van der Waals surface area contributed by atoms with E-state index in [1.165, 1.54) is 238 Å². The van der Waals surface area contributed by atoms with Crippen LogP contribution < -0.4 is 5.32 Å². The van der Waals surface area contributed by atoms with Crippen LogP contribution in [-0.2, 0) is 14.3 Å². The Morgan fingerprint density at radius 2 is 0.758 bits per heavy atom. The first-order chi connectivity index (χ1) is 32.5. The maximum absolute atomic E-state index is 12.4. The van der Waals surface area contributed by atoms with E-state index in [1.54, 1.807) is 0 Å². The molecule has 0 fully saturated rings. The molecule has 0 aromatic heterocycles. The Bertz CT molecular complexity index is 1030. The molecule has 0 bridgehead atoms. The number of aliphatic hydroxyl groups is 2. The first-order valence-corrected chi connectivity index (χ1v) is 29.6. The molecule has 0 radical (unpaired) electrons. The lowest BCUT2D eigenvalue weighted by atomic mass is 10.0. The molecule has 390 valence electrons. The number of unbranched alkanes of at least 4 members (excludes halogenated alkanes) is 40. The van der Waals surface area contributed by atoms with E-state index in [2.05, 4.69) is 43.5 Å².